The average molecular weight is 893 g/mol. The molecule has 0 saturated carbocycles. The van der Waals surface area contributed by atoms with Gasteiger partial charge in [0.25, 0.3) is 0 Å². The van der Waals surface area contributed by atoms with Gasteiger partial charge in [0.15, 0.2) is 11.6 Å². The Morgan fingerprint density at radius 3 is 1.73 bits per heavy atom. The van der Waals surface area contributed by atoms with Gasteiger partial charge in [0.2, 0.25) is 29.5 Å². The number of carboxylic acids is 3. The molecule has 0 saturated heterocycles. The molecule has 0 aromatic heterocycles. The summed E-state index contributed by atoms with van der Waals surface area (Å²) >= 11 is 4.00. The molecule has 0 heterocycles. The number of rotatable bonds is 33. The van der Waals surface area contributed by atoms with Gasteiger partial charge in [-0.05, 0) is 43.4 Å². The molecule has 342 valence electrons. The number of aliphatic carboxylic acids is 3. The SMILES string of the molecule is C=C(CNC(=O)CNC(=O)CCC(=O)C(Cc1ccc(O)cc1)NC(=O)CCC(=O)C(CCC(=O)O)NC(=O)C(CCC(=O)O)CC(=O)C(C)CCC(=O)O)NC(CS)C(N)=O. The Morgan fingerprint density at radius 2 is 1.16 bits per heavy atom. The summed E-state index contributed by atoms with van der Waals surface area (Å²) in [5, 5.41) is 49.6. The molecule has 62 heavy (non-hydrogen) atoms. The lowest BCUT2D eigenvalue weighted by Gasteiger charge is -2.22. The molecular formula is C40H56N6O15S. The molecule has 5 amide bonds. The van der Waals surface area contributed by atoms with Crippen LogP contribution in [0.25, 0.3) is 0 Å². The maximum absolute atomic E-state index is 13.4. The lowest BCUT2D eigenvalue weighted by Crippen LogP contribution is -2.46. The van der Waals surface area contributed by atoms with Gasteiger partial charge in [-0.3, -0.25) is 52.7 Å². The molecule has 0 aliphatic carbocycles. The molecule has 0 fully saturated rings. The highest BCUT2D eigenvalue weighted by atomic mass is 32.1. The summed E-state index contributed by atoms with van der Waals surface area (Å²) < 4.78 is 0. The van der Waals surface area contributed by atoms with E-state index in [2.05, 4.69) is 45.8 Å². The first kappa shape index (κ1) is 53.7. The number of benzene rings is 1. The largest absolute Gasteiger partial charge is 0.508 e. The Balaban J connectivity index is 2.97. The third kappa shape index (κ3) is 22.9. The number of phenols is 1. The van der Waals surface area contributed by atoms with E-state index in [4.69, 9.17) is 10.8 Å². The molecule has 21 nitrogen and oxygen atoms in total. The molecular weight excluding hydrogens is 837 g/mol. The number of amides is 5. The van der Waals surface area contributed by atoms with Crippen LogP contribution in [0.5, 0.6) is 5.75 Å². The van der Waals surface area contributed by atoms with Gasteiger partial charge in [0.05, 0.1) is 25.2 Å². The maximum atomic E-state index is 13.4. The number of thiol groups is 1. The van der Waals surface area contributed by atoms with E-state index in [9.17, 15) is 68.1 Å². The predicted molar refractivity (Wildman–Crippen MR) is 222 cm³/mol. The quantitative estimate of drug-likeness (QED) is 0.0397. The first-order valence-corrected chi connectivity index (χ1v) is 20.2. The van der Waals surface area contributed by atoms with Gasteiger partial charge in [-0.25, -0.2) is 0 Å². The number of carbonyl (C=O) groups is 11. The van der Waals surface area contributed by atoms with Crippen LogP contribution in [0.4, 0.5) is 0 Å². The van der Waals surface area contributed by atoms with Gasteiger partial charge in [-0.1, -0.05) is 25.6 Å². The Hall–Kier alpha value is -6.32. The van der Waals surface area contributed by atoms with E-state index >= 15 is 0 Å². The summed E-state index contributed by atoms with van der Waals surface area (Å²) in [5.41, 5.74) is 6.00. The van der Waals surface area contributed by atoms with Crippen molar-refractivity contribution in [3.63, 3.8) is 0 Å². The molecule has 0 spiro atoms. The van der Waals surface area contributed by atoms with Crippen molar-refractivity contribution >= 4 is 77.4 Å². The van der Waals surface area contributed by atoms with Crippen LogP contribution >= 0.6 is 12.6 Å². The third-order valence-corrected chi connectivity index (χ3v) is 9.73. The van der Waals surface area contributed by atoms with Gasteiger partial charge < -0.3 is 52.7 Å². The zero-order valence-corrected chi connectivity index (χ0v) is 35.2. The zero-order valence-electron chi connectivity index (χ0n) is 34.3. The van der Waals surface area contributed by atoms with Crippen LogP contribution in [0, 0.1) is 11.8 Å². The van der Waals surface area contributed by atoms with E-state index < -0.39 is 140 Å². The molecule has 0 aliphatic heterocycles. The summed E-state index contributed by atoms with van der Waals surface area (Å²) in [6.07, 6.45) is -4.60. The first-order valence-electron chi connectivity index (χ1n) is 19.6. The Bertz CT molecular complexity index is 1810. The summed E-state index contributed by atoms with van der Waals surface area (Å²) in [6.45, 7) is 4.58. The topological polar surface area (TPSA) is 355 Å². The highest BCUT2D eigenvalue weighted by Crippen LogP contribution is 2.20. The number of nitrogens with two attached hydrogens (primary N) is 1. The number of hydrogen-bond acceptors (Lipinski definition) is 14. The van der Waals surface area contributed by atoms with Crippen LogP contribution in [0.1, 0.15) is 83.1 Å². The number of phenolic OH excluding ortho intramolecular Hbond substituents is 1. The van der Waals surface area contributed by atoms with E-state index in [0.717, 1.165) is 0 Å². The lowest BCUT2D eigenvalue weighted by atomic mass is 9.89. The van der Waals surface area contributed by atoms with Gasteiger partial charge in [-0.2, -0.15) is 12.6 Å². The van der Waals surface area contributed by atoms with Crippen LogP contribution < -0.4 is 32.3 Å². The molecule has 5 atom stereocenters. The molecule has 22 heteroatoms. The summed E-state index contributed by atoms with van der Waals surface area (Å²) in [7, 11) is 0. The molecule has 1 aromatic rings. The molecule has 11 N–H and O–H groups in total. The summed E-state index contributed by atoms with van der Waals surface area (Å²) in [6, 6.07) is 2.19. The molecule has 0 aliphatic rings. The van der Waals surface area contributed by atoms with Gasteiger partial charge in [-0.15, -0.1) is 0 Å². The minimum atomic E-state index is -1.46. The van der Waals surface area contributed by atoms with E-state index in [1.807, 2.05) is 0 Å². The molecule has 1 aromatic carbocycles. The maximum Gasteiger partial charge on any atom is 0.303 e. The normalized spacial score (nSPS) is 13.1. The number of nitrogens with one attached hydrogen (secondary N) is 5. The molecule has 5 unspecified atom stereocenters. The van der Waals surface area contributed by atoms with Gasteiger partial charge in [0, 0.05) is 74.7 Å². The summed E-state index contributed by atoms with van der Waals surface area (Å²) in [5.74, 6) is -11.3. The predicted octanol–water partition coefficient (Wildman–Crippen LogP) is -0.472. The van der Waals surface area contributed by atoms with Crippen molar-refractivity contribution in [3.8, 4) is 5.75 Å². The number of Topliss-reactive ketones (excluding diaryl/α,β-unsaturated/α-hetero) is 3. The number of ketones is 3. The highest BCUT2D eigenvalue weighted by molar-refractivity contribution is 7.80. The fourth-order valence-corrected chi connectivity index (χ4v) is 5.95. The second-order valence-corrected chi connectivity index (χ2v) is 14.9. The van der Waals surface area contributed by atoms with E-state index in [-0.39, 0.29) is 62.3 Å². The van der Waals surface area contributed by atoms with Crippen molar-refractivity contribution in [2.45, 2.75) is 102 Å². The van der Waals surface area contributed by atoms with E-state index in [0.29, 0.717) is 5.56 Å². The number of aromatic hydroxyl groups is 1. The van der Waals surface area contributed by atoms with Crippen LogP contribution in [-0.2, 0) is 59.2 Å². The van der Waals surface area contributed by atoms with Crippen molar-refractivity contribution in [1.82, 2.24) is 26.6 Å². The molecule has 0 radical (unpaired) electrons. The van der Waals surface area contributed by atoms with Crippen molar-refractivity contribution in [2.24, 2.45) is 17.6 Å². The molecule has 0 bridgehead atoms. The fraction of sp³-hybridized carbons (Fsp3) is 0.525. The number of carbonyl (C=O) groups excluding carboxylic acids is 8. The number of hydrogen-bond donors (Lipinski definition) is 11. The fourth-order valence-electron chi connectivity index (χ4n) is 5.68. The van der Waals surface area contributed by atoms with Crippen molar-refractivity contribution in [1.29, 1.82) is 0 Å². The highest BCUT2D eigenvalue weighted by Gasteiger charge is 2.30. The van der Waals surface area contributed by atoms with Crippen molar-refractivity contribution in [3.05, 3.63) is 42.1 Å². The minimum Gasteiger partial charge on any atom is -0.508 e. The van der Waals surface area contributed by atoms with Crippen molar-refractivity contribution in [2.75, 3.05) is 18.8 Å². The smallest absolute Gasteiger partial charge is 0.303 e. The monoisotopic (exact) mass is 892 g/mol. The van der Waals surface area contributed by atoms with Crippen LogP contribution in [0.3, 0.4) is 0 Å². The Labute approximate surface area is 362 Å². The van der Waals surface area contributed by atoms with Crippen LogP contribution in [0.15, 0.2) is 36.5 Å². The lowest BCUT2D eigenvalue weighted by molar-refractivity contribution is -0.140. The van der Waals surface area contributed by atoms with Gasteiger partial charge in [0.1, 0.15) is 17.6 Å². The van der Waals surface area contributed by atoms with E-state index in [1.54, 1.807) is 0 Å². The first-order chi connectivity index (χ1) is 29.1. The number of carboxylic acid groups (broad SMARTS) is 3. The minimum absolute atomic E-state index is 0.0305. The van der Waals surface area contributed by atoms with Gasteiger partial charge >= 0.3 is 17.9 Å². The third-order valence-electron chi connectivity index (χ3n) is 9.36. The molecule has 1 rings (SSSR count). The van der Waals surface area contributed by atoms with Crippen LogP contribution in [0.2, 0.25) is 0 Å². The number of primary amides is 1. The summed E-state index contributed by atoms with van der Waals surface area (Å²) in [4.78, 5) is 136. The Kier molecular flexibility index (Phi) is 24.5. The Morgan fingerprint density at radius 1 is 0.629 bits per heavy atom. The zero-order chi connectivity index (χ0) is 46.9. The second-order valence-electron chi connectivity index (χ2n) is 14.5. The average Bonchev–Trinajstić information content (AvgIpc) is 3.21. The standard InChI is InChI=1S/C40H56N6O15S/c1-22(3-14-36(54)55)32(50)18-25(6-15-37(56)57)40(61)46-27(9-16-38(58)59)30(48)11-13-34(52)45-28(17-24-4-7-26(47)8-5-24)31(49)10-12-33(51)43-20-35(53)42-19-23(2)44-29(21-62)39(41)60/h4-5,7-8,22,25,27-29,44,47,62H,2-3,6,9-21H2,1H3,(H2,41,60)(H,42,53)(H,43,51)(H,45,52)(H,46,61)(H,54,55)(H,56,57)(H,58,59). The second kappa shape index (κ2) is 28.3. The van der Waals surface area contributed by atoms with Crippen LogP contribution in [-0.4, -0.2) is 122 Å². The van der Waals surface area contributed by atoms with E-state index in [1.165, 1.54) is 31.2 Å². The van der Waals surface area contributed by atoms with Crippen molar-refractivity contribution < 1.29 is 73.2 Å².